The average Bonchev–Trinajstić information content (AvgIpc) is 2.17. The van der Waals surface area contributed by atoms with Crippen LogP contribution >= 0.6 is 0 Å². The highest BCUT2D eigenvalue weighted by Crippen LogP contribution is 2.26. The summed E-state index contributed by atoms with van der Waals surface area (Å²) in [5.41, 5.74) is -0.396. The van der Waals surface area contributed by atoms with Crippen molar-refractivity contribution in [1.82, 2.24) is 0 Å². The average molecular weight is 246 g/mol. The summed E-state index contributed by atoms with van der Waals surface area (Å²) in [5.74, 6) is -0.109. The van der Waals surface area contributed by atoms with Crippen molar-refractivity contribution >= 4 is 5.97 Å². The van der Waals surface area contributed by atoms with Crippen molar-refractivity contribution in [3.05, 3.63) is 0 Å². The van der Waals surface area contributed by atoms with Crippen LogP contribution in [0.3, 0.4) is 0 Å². The van der Waals surface area contributed by atoms with Crippen molar-refractivity contribution in [3.8, 4) is 0 Å². The van der Waals surface area contributed by atoms with Crippen molar-refractivity contribution in [2.75, 3.05) is 14.2 Å². The molecule has 102 valence electrons. The van der Waals surface area contributed by atoms with Crippen molar-refractivity contribution in [2.24, 2.45) is 5.92 Å². The Hall–Kier alpha value is -0.610. The van der Waals surface area contributed by atoms with E-state index in [-0.39, 0.29) is 18.0 Å². The Labute approximate surface area is 104 Å². The molecule has 0 aliphatic heterocycles. The fourth-order valence-electron chi connectivity index (χ4n) is 1.70. The fourth-order valence-corrected chi connectivity index (χ4v) is 1.70. The van der Waals surface area contributed by atoms with E-state index in [0.29, 0.717) is 0 Å². The zero-order chi connectivity index (χ0) is 13.5. The molecule has 1 aliphatic carbocycles. The molecule has 0 amide bonds. The van der Waals surface area contributed by atoms with Gasteiger partial charge in [-0.15, -0.1) is 0 Å². The number of carbonyl (C=O) groups excluding carboxylic acids is 1. The van der Waals surface area contributed by atoms with Gasteiger partial charge in [-0.25, -0.2) is 0 Å². The van der Waals surface area contributed by atoms with E-state index in [2.05, 4.69) is 4.74 Å². The van der Waals surface area contributed by atoms with E-state index in [1.54, 1.807) is 14.2 Å². The molecule has 1 saturated carbocycles. The molecule has 17 heavy (non-hydrogen) atoms. The van der Waals surface area contributed by atoms with Crippen molar-refractivity contribution in [1.29, 1.82) is 0 Å². The summed E-state index contributed by atoms with van der Waals surface area (Å²) in [5, 5.41) is 9.29. The molecule has 0 saturated heterocycles. The van der Waals surface area contributed by atoms with Gasteiger partial charge in [-0.3, -0.25) is 4.79 Å². The summed E-state index contributed by atoms with van der Waals surface area (Å²) < 4.78 is 9.54. The summed E-state index contributed by atoms with van der Waals surface area (Å²) in [6.45, 7) is 5.63. The van der Waals surface area contributed by atoms with E-state index < -0.39 is 5.60 Å². The van der Waals surface area contributed by atoms with E-state index >= 15 is 0 Å². The molecule has 0 spiro atoms. The second-order valence-corrected chi connectivity index (χ2v) is 5.45. The zero-order valence-corrected chi connectivity index (χ0v) is 11.7. The van der Waals surface area contributed by atoms with E-state index in [0.717, 1.165) is 25.7 Å². The molecule has 1 fully saturated rings. The molecule has 0 bridgehead atoms. The Morgan fingerprint density at radius 3 is 1.88 bits per heavy atom. The highest BCUT2D eigenvalue weighted by Gasteiger charge is 2.28. The van der Waals surface area contributed by atoms with E-state index in [1.165, 1.54) is 0 Å². The van der Waals surface area contributed by atoms with Crippen LogP contribution in [0.1, 0.15) is 46.5 Å². The van der Waals surface area contributed by atoms with Crippen LogP contribution in [0.4, 0.5) is 0 Å². The van der Waals surface area contributed by atoms with Crippen LogP contribution in [-0.4, -0.2) is 37.0 Å². The van der Waals surface area contributed by atoms with E-state index in [1.807, 2.05) is 20.8 Å². The molecule has 0 aromatic carbocycles. The smallest absolute Gasteiger partial charge is 0.309 e. The van der Waals surface area contributed by atoms with Gasteiger partial charge in [-0.05, 0) is 46.5 Å². The highest BCUT2D eigenvalue weighted by atomic mass is 16.6. The zero-order valence-electron chi connectivity index (χ0n) is 11.7. The third-order valence-corrected chi connectivity index (χ3v) is 2.44. The first-order valence-corrected chi connectivity index (χ1v) is 6.11. The summed E-state index contributed by atoms with van der Waals surface area (Å²) in [4.78, 5) is 11.6. The number of carbonyl (C=O) groups is 1. The summed E-state index contributed by atoms with van der Waals surface area (Å²) in [6.07, 6.45) is 2.76. The Bertz CT molecular complexity index is 212. The largest absolute Gasteiger partial charge is 0.460 e. The molecule has 1 rings (SSSR count). The number of hydrogen-bond acceptors (Lipinski definition) is 4. The minimum Gasteiger partial charge on any atom is -0.460 e. The Morgan fingerprint density at radius 2 is 1.53 bits per heavy atom. The van der Waals surface area contributed by atoms with E-state index in [9.17, 15) is 9.90 Å². The third kappa shape index (κ3) is 8.16. The highest BCUT2D eigenvalue weighted by molar-refractivity contribution is 5.72. The molecule has 0 unspecified atom stereocenters. The Kier molecular flexibility index (Phi) is 7.39. The maximum absolute atomic E-state index is 11.6. The van der Waals surface area contributed by atoms with Crippen LogP contribution in [0.2, 0.25) is 0 Å². The molecule has 0 aromatic rings. The molecule has 0 aromatic heterocycles. The SMILES string of the molecule is CC(C)(C)OC(=O)C1CCC(O)CC1.COC. The molecule has 0 atom stereocenters. The van der Waals surface area contributed by atoms with Crippen LogP contribution in [0.15, 0.2) is 0 Å². The van der Waals surface area contributed by atoms with Crippen LogP contribution in [0, 0.1) is 5.92 Å². The lowest BCUT2D eigenvalue weighted by atomic mass is 9.87. The van der Waals surface area contributed by atoms with Gasteiger partial charge in [0.25, 0.3) is 0 Å². The standard InChI is InChI=1S/C11H20O3.C2H6O/c1-11(2,3)14-10(13)8-4-6-9(12)7-5-8;1-3-2/h8-9,12H,4-7H2,1-3H3;1-2H3. The molecular formula is C13H26O4. The van der Waals surface area contributed by atoms with Gasteiger partial charge in [-0.1, -0.05) is 0 Å². The second kappa shape index (κ2) is 7.67. The van der Waals surface area contributed by atoms with Gasteiger partial charge in [0.05, 0.1) is 12.0 Å². The predicted molar refractivity (Wildman–Crippen MR) is 66.7 cm³/mol. The molecule has 0 heterocycles. The summed E-state index contributed by atoms with van der Waals surface area (Å²) in [7, 11) is 3.25. The number of rotatable bonds is 1. The molecule has 4 heteroatoms. The van der Waals surface area contributed by atoms with Gasteiger partial charge < -0.3 is 14.6 Å². The van der Waals surface area contributed by atoms with Crippen molar-refractivity contribution in [2.45, 2.75) is 58.2 Å². The van der Waals surface area contributed by atoms with Gasteiger partial charge in [-0.2, -0.15) is 0 Å². The minimum atomic E-state index is -0.396. The molecular weight excluding hydrogens is 220 g/mol. The monoisotopic (exact) mass is 246 g/mol. The van der Waals surface area contributed by atoms with Gasteiger partial charge >= 0.3 is 5.97 Å². The number of aliphatic hydroxyl groups excluding tert-OH is 1. The molecule has 1 N–H and O–H groups in total. The van der Waals surface area contributed by atoms with E-state index in [4.69, 9.17) is 4.74 Å². The molecule has 1 aliphatic rings. The summed E-state index contributed by atoms with van der Waals surface area (Å²) >= 11 is 0. The Morgan fingerprint density at radius 1 is 1.12 bits per heavy atom. The number of methoxy groups -OCH3 is 1. The van der Waals surface area contributed by atoms with Crippen molar-refractivity contribution in [3.63, 3.8) is 0 Å². The lowest BCUT2D eigenvalue weighted by Gasteiger charge is -2.27. The molecule has 4 nitrogen and oxygen atoms in total. The van der Waals surface area contributed by atoms with Crippen LogP contribution < -0.4 is 0 Å². The lowest BCUT2D eigenvalue weighted by Crippen LogP contribution is -2.31. The van der Waals surface area contributed by atoms with Crippen LogP contribution in [0.25, 0.3) is 0 Å². The number of hydrogen-bond donors (Lipinski definition) is 1. The van der Waals surface area contributed by atoms with Gasteiger partial charge in [0, 0.05) is 14.2 Å². The number of aliphatic hydroxyl groups is 1. The third-order valence-electron chi connectivity index (χ3n) is 2.44. The van der Waals surface area contributed by atoms with Crippen LogP contribution in [-0.2, 0) is 14.3 Å². The first-order chi connectivity index (χ1) is 7.80. The van der Waals surface area contributed by atoms with Gasteiger partial charge in [0.2, 0.25) is 0 Å². The van der Waals surface area contributed by atoms with Crippen LogP contribution in [0.5, 0.6) is 0 Å². The molecule has 0 radical (unpaired) electrons. The van der Waals surface area contributed by atoms with Crippen molar-refractivity contribution < 1.29 is 19.4 Å². The first-order valence-electron chi connectivity index (χ1n) is 6.11. The number of esters is 1. The van der Waals surface area contributed by atoms with Gasteiger partial charge in [0.15, 0.2) is 0 Å². The maximum atomic E-state index is 11.6. The quantitative estimate of drug-likeness (QED) is 0.720. The predicted octanol–water partition coefficient (Wildman–Crippen LogP) is 2.14. The normalized spacial score (nSPS) is 24.6. The Balaban J connectivity index is 0.000000770. The van der Waals surface area contributed by atoms with Gasteiger partial charge in [0.1, 0.15) is 5.60 Å². The summed E-state index contributed by atoms with van der Waals surface area (Å²) in [6, 6.07) is 0. The minimum absolute atomic E-state index is 0.00220. The second-order valence-electron chi connectivity index (χ2n) is 5.45. The topological polar surface area (TPSA) is 55.8 Å². The lowest BCUT2D eigenvalue weighted by molar-refractivity contribution is -0.161. The number of ether oxygens (including phenoxy) is 2. The first kappa shape index (κ1) is 16.4. The fraction of sp³-hybridized carbons (Fsp3) is 0.923. The maximum Gasteiger partial charge on any atom is 0.309 e.